The van der Waals surface area contributed by atoms with E-state index in [1.807, 2.05) is 6.92 Å². The Kier molecular flexibility index (Phi) is 6.48. The van der Waals surface area contributed by atoms with Crippen LogP contribution < -0.4 is 14.8 Å². The summed E-state index contributed by atoms with van der Waals surface area (Å²) in [5.41, 5.74) is 0.393. The van der Waals surface area contributed by atoms with Crippen LogP contribution in [0.3, 0.4) is 0 Å². The number of nitrogens with one attached hydrogen (secondary N) is 1. The fraction of sp³-hybridized carbons (Fsp3) is 0.429. The topological polar surface area (TPSA) is 105 Å². The second-order valence-electron chi connectivity index (χ2n) is 4.30. The number of ether oxygens (including phenoxy) is 2. The molecule has 0 saturated heterocycles. The monoisotopic (exact) mass is 297 g/mol. The molecule has 7 nitrogen and oxygen atoms in total. The molecule has 0 bridgehead atoms. The molecule has 0 aliphatic carbocycles. The zero-order valence-corrected chi connectivity index (χ0v) is 12.0. The minimum Gasteiger partial charge on any atom is -0.493 e. The van der Waals surface area contributed by atoms with E-state index < -0.39 is 24.5 Å². The molecular weight excluding hydrogens is 278 g/mol. The molecule has 0 amide bonds. The zero-order valence-electron chi connectivity index (χ0n) is 12.0. The van der Waals surface area contributed by atoms with E-state index in [2.05, 4.69) is 5.32 Å². The van der Waals surface area contributed by atoms with Crippen LogP contribution in [0.15, 0.2) is 18.2 Å². The molecular formula is C14H19NO6. The first kappa shape index (κ1) is 16.8. The number of hydrogen-bond acceptors (Lipinski definition) is 5. The van der Waals surface area contributed by atoms with Crippen LogP contribution in [0.5, 0.6) is 11.5 Å². The Balaban J connectivity index is 2.98. The summed E-state index contributed by atoms with van der Waals surface area (Å²) in [4.78, 5) is 21.8. The Morgan fingerprint density at radius 1 is 1.29 bits per heavy atom. The number of carbonyl (C=O) groups is 2. The molecule has 1 rings (SSSR count). The molecule has 1 atom stereocenters. The standard InChI is InChI=1S/C14H19NO6/c1-3-6-21-10-5-4-9(7-11(10)20-2)13(14(18)19)15-8-12(16)17/h4-5,7,13,15H,3,6,8H2,1-2H3,(H,16,17)(H,18,19). The number of hydrogen-bond donors (Lipinski definition) is 3. The summed E-state index contributed by atoms with van der Waals surface area (Å²) < 4.78 is 10.7. The third-order valence-corrected chi connectivity index (χ3v) is 2.69. The summed E-state index contributed by atoms with van der Waals surface area (Å²) in [5.74, 6) is -1.37. The second-order valence-corrected chi connectivity index (χ2v) is 4.30. The number of carboxylic acids is 2. The van der Waals surface area contributed by atoms with Crippen molar-refractivity contribution >= 4 is 11.9 Å². The van der Waals surface area contributed by atoms with Gasteiger partial charge in [-0.05, 0) is 24.1 Å². The van der Waals surface area contributed by atoms with Crippen molar-refractivity contribution in [2.24, 2.45) is 0 Å². The van der Waals surface area contributed by atoms with Crippen molar-refractivity contribution in [3.8, 4) is 11.5 Å². The molecule has 1 aromatic rings. The lowest BCUT2D eigenvalue weighted by Gasteiger charge is -2.16. The highest BCUT2D eigenvalue weighted by atomic mass is 16.5. The highest BCUT2D eigenvalue weighted by Crippen LogP contribution is 2.30. The summed E-state index contributed by atoms with van der Waals surface area (Å²) >= 11 is 0. The van der Waals surface area contributed by atoms with Crippen molar-refractivity contribution in [2.45, 2.75) is 19.4 Å². The molecule has 0 radical (unpaired) electrons. The van der Waals surface area contributed by atoms with Gasteiger partial charge in [0.25, 0.3) is 0 Å². The predicted octanol–water partition coefficient (Wildman–Crippen LogP) is 1.28. The molecule has 116 valence electrons. The number of benzene rings is 1. The van der Waals surface area contributed by atoms with Crippen LogP contribution in [-0.2, 0) is 9.59 Å². The first-order valence-electron chi connectivity index (χ1n) is 6.48. The largest absolute Gasteiger partial charge is 0.493 e. The van der Waals surface area contributed by atoms with Gasteiger partial charge in [0.2, 0.25) is 0 Å². The van der Waals surface area contributed by atoms with E-state index in [4.69, 9.17) is 14.6 Å². The van der Waals surface area contributed by atoms with Gasteiger partial charge in [0.15, 0.2) is 11.5 Å². The summed E-state index contributed by atoms with van der Waals surface area (Å²) in [7, 11) is 1.46. The molecule has 1 unspecified atom stereocenters. The number of methoxy groups -OCH3 is 1. The minimum atomic E-state index is -1.17. The zero-order chi connectivity index (χ0) is 15.8. The van der Waals surface area contributed by atoms with Crippen molar-refractivity contribution in [3.63, 3.8) is 0 Å². The molecule has 21 heavy (non-hydrogen) atoms. The van der Waals surface area contributed by atoms with Gasteiger partial charge >= 0.3 is 11.9 Å². The molecule has 0 heterocycles. The van der Waals surface area contributed by atoms with Crippen LogP contribution in [-0.4, -0.2) is 42.4 Å². The van der Waals surface area contributed by atoms with Crippen LogP contribution in [0.2, 0.25) is 0 Å². The summed E-state index contributed by atoms with van der Waals surface area (Å²) in [6.45, 7) is 2.04. The molecule has 0 aromatic heterocycles. The van der Waals surface area contributed by atoms with Crippen molar-refractivity contribution < 1.29 is 29.3 Å². The maximum absolute atomic E-state index is 11.2. The lowest BCUT2D eigenvalue weighted by molar-refractivity contribution is -0.140. The molecule has 0 aliphatic rings. The molecule has 0 saturated carbocycles. The Morgan fingerprint density at radius 2 is 2.00 bits per heavy atom. The van der Waals surface area contributed by atoms with E-state index in [-0.39, 0.29) is 0 Å². The molecule has 1 aromatic carbocycles. The van der Waals surface area contributed by atoms with Gasteiger partial charge in [-0.15, -0.1) is 0 Å². The molecule has 0 fully saturated rings. The average Bonchev–Trinajstić information content (AvgIpc) is 2.45. The number of rotatable bonds is 9. The quantitative estimate of drug-likeness (QED) is 0.630. The van der Waals surface area contributed by atoms with E-state index >= 15 is 0 Å². The fourth-order valence-corrected chi connectivity index (χ4v) is 1.73. The third-order valence-electron chi connectivity index (χ3n) is 2.69. The summed E-state index contributed by atoms with van der Waals surface area (Å²) in [6.07, 6.45) is 0.836. The Bertz CT molecular complexity index is 502. The maximum atomic E-state index is 11.2. The normalized spacial score (nSPS) is 11.7. The molecule has 0 aliphatic heterocycles. The van der Waals surface area contributed by atoms with Gasteiger partial charge in [0.1, 0.15) is 6.04 Å². The van der Waals surface area contributed by atoms with E-state index in [1.54, 1.807) is 12.1 Å². The van der Waals surface area contributed by atoms with E-state index in [0.29, 0.717) is 23.7 Å². The van der Waals surface area contributed by atoms with E-state index in [9.17, 15) is 14.7 Å². The van der Waals surface area contributed by atoms with Crippen LogP contribution in [0.4, 0.5) is 0 Å². The van der Waals surface area contributed by atoms with Gasteiger partial charge in [0.05, 0.1) is 20.3 Å². The first-order valence-corrected chi connectivity index (χ1v) is 6.48. The summed E-state index contributed by atoms with van der Waals surface area (Å²) in [6, 6.07) is 3.58. The minimum absolute atomic E-state index is 0.393. The van der Waals surface area contributed by atoms with Gasteiger partial charge in [-0.3, -0.25) is 14.9 Å². The Morgan fingerprint density at radius 3 is 2.52 bits per heavy atom. The molecule has 7 heteroatoms. The highest BCUT2D eigenvalue weighted by molar-refractivity contribution is 5.77. The van der Waals surface area contributed by atoms with Gasteiger partial charge in [0, 0.05) is 0 Å². The number of aliphatic carboxylic acids is 2. The van der Waals surface area contributed by atoms with Gasteiger partial charge in [-0.2, -0.15) is 0 Å². The Labute approximate surface area is 122 Å². The van der Waals surface area contributed by atoms with Crippen LogP contribution in [0.25, 0.3) is 0 Å². The predicted molar refractivity (Wildman–Crippen MR) is 74.8 cm³/mol. The van der Waals surface area contributed by atoms with Crippen molar-refractivity contribution in [1.82, 2.24) is 5.32 Å². The first-order chi connectivity index (χ1) is 9.99. The SMILES string of the molecule is CCCOc1ccc(C(NCC(=O)O)C(=O)O)cc1OC. The third kappa shape index (κ3) is 4.96. The van der Waals surface area contributed by atoms with Gasteiger partial charge in [-0.1, -0.05) is 13.0 Å². The lowest BCUT2D eigenvalue weighted by Crippen LogP contribution is -2.32. The van der Waals surface area contributed by atoms with Gasteiger partial charge in [-0.25, -0.2) is 0 Å². The van der Waals surface area contributed by atoms with Crippen LogP contribution >= 0.6 is 0 Å². The fourth-order valence-electron chi connectivity index (χ4n) is 1.73. The lowest BCUT2D eigenvalue weighted by atomic mass is 10.1. The van der Waals surface area contributed by atoms with Crippen LogP contribution in [0, 0.1) is 0 Å². The summed E-state index contributed by atoms with van der Waals surface area (Å²) in [5, 5.41) is 20.3. The van der Waals surface area contributed by atoms with E-state index in [1.165, 1.54) is 13.2 Å². The maximum Gasteiger partial charge on any atom is 0.325 e. The van der Waals surface area contributed by atoms with Crippen molar-refractivity contribution in [3.05, 3.63) is 23.8 Å². The highest BCUT2D eigenvalue weighted by Gasteiger charge is 2.21. The average molecular weight is 297 g/mol. The number of carboxylic acid groups (broad SMARTS) is 2. The molecule has 0 spiro atoms. The van der Waals surface area contributed by atoms with E-state index in [0.717, 1.165) is 6.42 Å². The van der Waals surface area contributed by atoms with Crippen LogP contribution in [0.1, 0.15) is 24.9 Å². The van der Waals surface area contributed by atoms with Gasteiger partial charge < -0.3 is 19.7 Å². The second kappa shape index (κ2) is 8.11. The van der Waals surface area contributed by atoms with Crippen molar-refractivity contribution in [2.75, 3.05) is 20.3 Å². The smallest absolute Gasteiger partial charge is 0.325 e. The molecule has 3 N–H and O–H groups in total. The van der Waals surface area contributed by atoms with Crippen molar-refractivity contribution in [1.29, 1.82) is 0 Å². The Hall–Kier alpha value is -2.28.